The van der Waals surface area contributed by atoms with Crippen LogP contribution in [0.15, 0.2) is 90.5 Å². The Balaban J connectivity index is 0.000000183. The van der Waals surface area contributed by atoms with Crippen molar-refractivity contribution in [3.63, 3.8) is 0 Å². The van der Waals surface area contributed by atoms with Gasteiger partial charge in [0.25, 0.3) is 0 Å². The Morgan fingerprint density at radius 2 is 1.58 bits per heavy atom. The molecule has 0 aliphatic rings. The van der Waals surface area contributed by atoms with E-state index in [9.17, 15) is 4.79 Å². The quantitative estimate of drug-likeness (QED) is 0.422. The molecule has 1 aromatic carbocycles. The molecule has 0 unspecified atom stereocenters. The highest BCUT2D eigenvalue weighted by Crippen LogP contribution is 2.15. The summed E-state index contributed by atoms with van der Waals surface area (Å²) >= 11 is 0. The van der Waals surface area contributed by atoms with Crippen LogP contribution >= 0.6 is 0 Å². The average molecular weight is 444 g/mol. The van der Waals surface area contributed by atoms with E-state index in [-0.39, 0.29) is 5.56 Å². The van der Waals surface area contributed by atoms with Crippen molar-refractivity contribution in [2.75, 3.05) is 7.11 Å². The van der Waals surface area contributed by atoms with Gasteiger partial charge in [-0.15, -0.1) is 10.2 Å². The molecule has 33 heavy (non-hydrogen) atoms. The minimum atomic E-state index is -0.126. The van der Waals surface area contributed by atoms with Gasteiger partial charge in [0.05, 0.1) is 49.5 Å². The second-order valence-electron chi connectivity index (χ2n) is 6.60. The highest BCUT2D eigenvalue weighted by atomic mass is 16.5. The van der Waals surface area contributed by atoms with Crippen LogP contribution in [0.2, 0.25) is 0 Å². The molecule has 0 saturated carbocycles. The van der Waals surface area contributed by atoms with E-state index in [0.717, 1.165) is 22.7 Å². The van der Waals surface area contributed by atoms with Crippen LogP contribution in [0.4, 0.5) is 0 Å². The van der Waals surface area contributed by atoms with Crippen LogP contribution in [0.5, 0.6) is 11.6 Å². The zero-order chi connectivity index (χ0) is 22.9. The van der Waals surface area contributed by atoms with Crippen molar-refractivity contribution in [2.45, 2.75) is 6.61 Å². The van der Waals surface area contributed by atoms with Crippen LogP contribution in [0.25, 0.3) is 11.4 Å². The fourth-order valence-corrected chi connectivity index (χ4v) is 2.71. The number of nitrogens with zero attached hydrogens (tertiary/aromatic N) is 7. The lowest BCUT2D eigenvalue weighted by molar-refractivity contribution is 0.293. The monoisotopic (exact) mass is 444 g/mol. The van der Waals surface area contributed by atoms with E-state index in [4.69, 9.17) is 9.47 Å². The second-order valence-corrected chi connectivity index (χ2v) is 6.60. The minimum absolute atomic E-state index is 0.126. The summed E-state index contributed by atoms with van der Waals surface area (Å²) in [4.78, 5) is 17.5. The lowest BCUT2D eigenvalue weighted by Gasteiger charge is -2.07. The molecule has 0 radical (unpaired) electrons. The standard InChI is InChI=1S/C15H14N4O2.C7H6N4O/c1-20-14-5-2-12(3-6-14)11-21-15-7-4-13(10-16-15)19-9-8-17-18-19;12-7-2-1-6(5-8-7)11-4-3-9-10-11/h2-10H,11H2,1H3;1-5H,(H,8,12). The molecule has 11 heteroatoms. The first-order chi connectivity index (χ1) is 16.2. The van der Waals surface area contributed by atoms with E-state index in [0.29, 0.717) is 12.5 Å². The highest BCUT2D eigenvalue weighted by molar-refractivity contribution is 5.30. The molecule has 0 saturated heterocycles. The number of rotatable bonds is 6. The first-order valence-corrected chi connectivity index (χ1v) is 9.85. The molecule has 166 valence electrons. The summed E-state index contributed by atoms with van der Waals surface area (Å²) in [7, 11) is 1.64. The number of hydrogen-bond acceptors (Lipinski definition) is 8. The van der Waals surface area contributed by atoms with Gasteiger partial charge in [0.15, 0.2) is 0 Å². The molecule has 5 rings (SSSR count). The van der Waals surface area contributed by atoms with Crippen LogP contribution in [-0.2, 0) is 6.61 Å². The molecule has 0 atom stereocenters. The SMILES string of the molecule is COc1ccc(COc2ccc(-n3ccnn3)cn2)cc1.O=c1ccc(-n2ccnn2)c[nH]1. The number of benzene rings is 1. The maximum atomic E-state index is 10.7. The van der Waals surface area contributed by atoms with Gasteiger partial charge in [0, 0.05) is 18.3 Å². The number of methoxy groups -OCH3 is 1. The predicted molar refractivity (Wildman–Crippen MR) is 118 cm³/mol. The molecule has 11 nitrogen and oxygen atoms in total. The van der Waals surface area contributed by atoms with Crippen molar-refractivity contribution in [1.29, 1.82) is 0 Å². The van der Waals surface area contributed by atoms with Crippen molar-refractivity contribution in [2.24, 2.45) is 0 Å². The summed E-state index contributed by atoms with van der Waals surface area (Å²) in [5, 5.41) is 15.1. The summed E-state index contributed by atoms with van der Waals surface area (Å²) in [5.41, 5.74) is 2.55. The fourth-order valence-electron chi connectivity index (χ4n) is 2.71. The minimum Gasteiger partial charge on any atom is -0.497 e. The maximum absolute atomic E-state index is 10.7. The molecule has 4 aromatic heterocycles. The van der Waals surface area contributed by atoms with Crippen molar-refractivity contribution >= 4 is 0 Å². The fraction of sp³-hybridized carbons (Fsp3) is 0.0909. The Bertz CT molecular complexity index is 1280. The zero-order valence-electron chi connectivity index (χ0n) is 17.6. The topological polar surface area (TPSA) is 126 Å². The third-order valence-electron chi connectivity index (χ3n) is 4.41. The predicted octanol–water partition coefficient (Wildman–Crippen LogP) is 2.21. The van der Waals surface area contributed by atoms with Crippen molar-refractivity contribution in [1.82, 2.24) is 40.0 Å². The molecular formula is C22H20N8O3. The van der Waals surface area contributed by atoms with Gasteiger partial charge in [-0.1, -0.05) is 22.6 Å². The van der Waals surface area contributed by atoms with Gasteiger partial charge < -0.3 is 14.5 Å². The number of hydrogen-bond donors (Lipinski definition) is 1. The maximum Gasteiger partial charge on any atom is 0.248 e. The van der Waals surface area contributed by atoms with Gasteiger partial charge in [-0.3, -0.25) is 4.79 Å². The third kappa shape index (κ3) is 5.88. The van der Waals surface area contributed by atoms with E-state index in [1.807, 2.05) is 30.3 Å². The third-order valence-corrected chi connectivity index (χ3v) is 4.41. The van der Waals surface area contributed by atoms with E-state index in [1.165, 1.54) is 6.07 Å². The summed E-state index contributed by atoms with van der Waals surface area (Å²) < 4.78 is 14.0. The van der Waals surface area contributed by atoms with Crippen LogP contribution in [0, 0.1) is 0 Å². The molecule has 1 N–H and O–H groups in total. The molecule has 0 aliphatic carbocycles. The molecule has 4 heterocycles. The van der Waals surface area contributed by atoms with Gasteiger partial charge >= 0.3 is 0 Å². The number of aromatic amines is 1. The van der Waals surface area contributed by atoms with Gasteiger partial charge in [-0.2, -0.15) is 0 Å². The number of pyridine rings is 2. The van der Waals surface area contributed by atoms with E-state index >= 15 is 0 Å². The van der Waals surface area contributed by atoms with Crippen molar-refractivity contribution in [3.05, 3.63) is 102 Å². The number of H-pyrrole nitrogens is 1. The Kier molecular flexibility index (Phi) is 6.81. The Hall–Kier alpha value is -4.80. The Morgan fingerprint density at radius 1 is 0.879 bits per heavy atom. The molecule has 0 amide bonds. The number of nitrogens with one attached hydrogen (secondary N) is 1. The highest BCUT2D eigenvalue weighted by Gasteiger charge is 2.01. The molecule has 0 spiro atoms. The van der Waals surface area contributed by atoms with E-state index in [1.54, 1.807) is 65.8 Å². The average Bonchev–Trinajstić information content (AvgIpc) is 3.59. The van der Waals surface area contributed by atoms with Gasteiger partial charge in [-0.05, 0) is 29.8 Å². The molecule has 0 fully saturated rings. The van der Waals surface area contributed by atoms with Gasteiger partial charge in [-0.25, -0.2) is 14.3 Å². The largest absolute Gasteiger partial charge is 0.497 e. The normalized spacial score (nSPS) is 10.2. The van der Waals surface area contributed by atoms with E-state index in [2.05, 4.69) is 30.6 Å². The van der Waals surface area contributed by atoms with Crippen LogP contribution in [-0.4, -0.2) is 47.1 Å². The van der Waals surface area contributed by atoms with Crippen LogP contribution < -0.4 is 15.0 Å². The van der Waals surface area contributed by atoms with Crippen molar-refractivity contribution in [3.8, 4) is 23.0 Å². The van der Waals surface area contributed by atoms with Crippen LogP contribution in [0.1, 0.15) is 5.56 Å². The zero-order valence-corrected chi connectivity index (χ0v) is 17.6. The molecule has 5 aromatic rings. The molecule has 0 bridgehead atoms. The Morgan fingerprint density at radius 3 is 2.12 bits per heavy atom. The lowest BCUT2D eigenvalue weighted by Crippen LogP contribution is -2.04. The smallest absolute Gasteiger partial charge is 0.248 e. The number of aromatic nitrogens is 8. The lowest BCUT2D eigenvalue weighted by atomic mass is 10.2. The summed E-state index contributed by atoms with van der Waals surface area (Å²) in [5.74, 6) is 1.39. The first-order valence-electron chi connectivity index (χ1n) is 9.85. The van der Waals surface area contributed by atoms with Crippen LogP contribution in [0.3, 0.4) is 0 Å². The summed E-state index contributed by atoms with van der Waals surface area (Å²) in [6, 6.07) is 14.5. The van der Waals surface area contributed by atoms with Gasteiger partial charge in [0.2, 0.25) is 11.4 Å². The molecule has 0 aliphatic heterocycles. The van der Waals surface area contributed by atoms with E-state index < -0.39 is 0 Å². The summed E-state index contributed by atoms with van der Waals surface area (Å²) in [6.45, 7) is 0.458. The Labute approximate surface area is 188 Å². The number of ether oxygens (including phenoxy) is 2. The van der Waals surface area contributed by atoms with Crippen molar-refractivity contribution < 1.29 is 9.47 Å². The first kappa shape index (κ1) is 21.4. The second kappa shape index (κ2) is 10.5. The van der Waals surface area contributed by atoms with Gasteiger partial charge in [0.1, 0.15) is 12.4 Å². The summed E-state index contributed by atoms with van der Waals surface area (Å²) in [6.07, 6.45) is 9.93. The molecular weight excluding hydrogens is 424 g/mol.